The predicted molar refractivity (Wildman–Crippen MR) is 62.9 cm³/mol. The van der Waals surface area contributed by atoms with Gasteiger partial charge in [-0.1, -0.05) is 36.8 Å². The van der Waals surface area contributed by atoms with Crippen LogP contribution in [-0.2, 0) is 0 Å². The van der Waals surface area contributed by atoms with Crippen LogP contribution >= 0.6 is 0 Å². The zero-order chi connectivity index (χ0) is 11.0. The van der Waals surface area contributed by atoms with E-state index in [9.17, 15) is 5.11 Å². The van der Waals surface area contributed by atoms with Crippen LogP contribution in [0.2, 0.25) is 0 Å². The molecule has 2 rings (SSSR count). The third-order valence-corrected chi connectivity index (χ3v) is 3.72. The number of benzene rings is 1. The van der Waals surface area contributed by atoms with Crippen LogP contribution in [0.3, 0.4) is 0 Å². The molecule has 1 N–H and O–H groups in total. The molecule has 0 bridgehead atoms. The summed E-state index contributed by atoms with van der Waals surface area (Å²) in [6, 6.07) is 8.73. The van der Waals surface area contributed by atoms with E-state index in [0.717, 1.165) is 0 Å². The highest BCUT2D eigenvalue weighted by molar-refractivity contribution is 5.27. The summed E-state index contributed by atoms with van der Waals surface area (Å²) in [5.74, 6) is 1.80. The maximum absolute atomic E-state index is 9.51. The molecule has 1 aromatic rings. The number of rotatable bonds is 3. The van der Waals surface area contributed by atoms with Crippen molar-refractivity contribution in [2.75, 3.05) is 0 Å². The average molecular weight is 204 g/mol. The van der Waals surface area contributed by atoms with Gasteiger partial charge in [0.1, 0.15) is 0 Å². The average Bonchev–Trinajstić information content (AvgIpc) is 2.96. The second-order valence-corrected chi connectivity index (χ2v) is 5.01. The second kappa shape index (κ2) is 3.97. The van der Waals surface area contributed by atoms with Gasteiger partial charge in [0.15, 0.2) is 0 Å². The summed E-state index contributed by atoms with van der Waals surface area (Å²) in [5.41, 5.74) is 2.75. The molecule has 0 spiro atoms. The number of aliphatic hydroxyl groups excluding tert-OH is 1. The zero-order valence-corrected chi connectivity index (χ0v) is 9.77. The largest absolute Gasteiger partial charge is 0.393 e. The lowest BCUT2D eigenvalue weighted by molar-refractivity contribution is 0.162. The highest BCUT2D eigenvalue weighted by atomic mass is 16.3. The molecule has 4 atom stereocenters. The number of hydrogen-bond donors (Lipinski definition) is 1. The first-order valence-electron chi connectivity index (χ1n) is 5.84. The maximum Gasteiger partial charge on any atom is 0.0543 e. The molecule has 82 valence electrons. The Balaban J connectivity index is 2.06. The Morgan fingerprint density at radius 2 is 2.00 bits per heavy atom. The van der Waals surface area contributed by atoms with Gasteiger partial charge in [-0.2, -0.15) is 0 Å². The van der Waals surface area contributed by atoms with Gasteiger partial charge in [0, 0.05) is 0 Å². The Kier molecular flexibility index (Phi) is 2.83. The maximum atomic E-state index is 9.51. The summed E-state index contributed by atoms with van der Waals surface area (Å²) in [6.45, 7) is 6.32. The molecule has 0 saturated heterocycles. The fraction of sp³-hybridized carbons (Fsp3) is 0.571. The highest BCUT2D eigenvalue weighted by Crippen LogP contribution is 2.50. The molecule has 0 radical (unpaired) electrons. The molecule has 4 unspecified atom stereocenters. The van der Waals surface area contributed by atoms with Crippen LogP contribution in [0.1, 0.15) is 37.3 Å². The molecular weight excluding hydrogens is 184 g/mol. The Bertz CT molecular complexity index is 343. The van der Waals surface area contributed by atoms with Crippen LogP contribution in [0, 0.1) is 18.8 Å². The van der Waals surface area contributed by atoms with E-state index in [2.05, 4.69) is 38.1 Å². The van der Waals surface area contributed by atoms with Crippen molar-refractivity contribution in [1.82, 2.24) is 0 Å². The van der Waals surface area contributed by atoms with Crippen LogP contribution < -0.4 is 0 Å². The quantitative estimate of drug-likeness (QED) is 0.802. The van der Waals surface area contributed by atoms with Gasteiger partial charge in [-0.15, -0.1) is 0 Å². The van der Waals surface area contributed by atoms with Crippen molar-refractivity contribution in [3.63, 3.8) is 0 Å². The van der Waals surface area contributed by atoms with Crippen LogP contribution in [0.15, 0.2) is 24.3 Å². The first-order valence-corrected chi connectivity index (χ1v) is 5.84. The third kappa shape index (κ3) is 2.23. The Hall–Kier alpha value is -0.820. The van der Waals surface area contributed by atoms with Gasteiger partial charge in [0.05, 0.1) is 6.10 Å². The van der Waals surface area contributed by atoms with E-state index in [0.29, 0.717) is 17.8 Å². The fourth-order valence-corrected chi connectivity index (χ4v) is 2.57. The molecule has 15 heavy (non-hydrogen) atoms. The van der Waals surface area contributed by atoms with Gasteiger partial charge in [-0.3, -0.25) is 0 Å². The smallest absolute Gasteiger partial charge is 0.0543 e. The van der Waals surface area contributed by atoms with Crippen LogP contribution in [-0.4, -0.2) is 11.2 Å². The summed E-state index contributed by atoms with van der Waals surface area (Å²) in [5, 5.41) is 9.51. The van der Waals surface area contributed by atoms with Gasteiger partial charge < -0.3 is 5.11 Å². The van der Waals surface area contributed by atoms with Gasteiger partial charge in [-0.05, 0) is 43.6 Å². The predicted octanol–water partition coefficient (Wildman–Crippen LogP) is 3.12. The number of aryl methyl sites for hydroxylation is 1. The van der Waals surface area contributed by atoms with E-state index in [1.165, 1.54) is 17.5 Å². The standard InChI is InChI=1S/C14H20O/c1-9-5-4-6-12(7-9)10(2)13-8-14(13)11(3)15/h4-7,10-11,13-15H,8H2,1-3H3. The highest BCUT2D eigenvalue weighted by Gasteiger charge is 2.44. The topological polar surface area (TPSA) is 20.2 Å². The molecule has 1 nitrogen and oxygen atoms in total. The summed E-state index contributed by atoms with van der Waals surface area (Å²) >= 11 is 0. The summed E-state index contributed by atoms with van der Waals surface area (Å²) < 4.78 is 0. The van der Waals surface area contributed by atoms with Crippen molar-refractivity contribution < 1.29 is 5.11 Å². The van der Waals surface area contributed by atoms with Crippen molar-refractivity contribution >= 4 is 0 Å². The van der Waals surface area contributed by atoms with Crippen molar-refractivity contribution in [2.45, 2.75) is 39.2 Å². The molecule has 0 aromatic heterocycles. The molecule has 1 aromatic carbocycles. The third-order valence-electron chi connectivity index (χ3n) is 3.72. The summed E-state index contributed by atoms with van der Waals surface area (Å²) in [7, 11) is 0. The van der Waals surface area contributed by atoms with E-state index in [-0.39, 0.29) is 6.10 Å². The van der Waals surface area contributed by atoms with Crippen molar-refractivity contribution in [1.29, 1.82) is 0 Å². The van der Waals surface area contributed by atoms with E-state index in [1.807, 2.05) is 6.92 Å². The molecule has 0 amide bonds. The van der Waals surface area contributed by atoms with Crippen LogP contribution in [0.25, 0.3) is 0 Å². The van der Waals surface area contributed by atoms with Crippen LogP contribution in [0.5, 0.6) is 0 Å². The van der Waals surface area contributed by atoms with Crippen LogP contribution in [0.4, 0.5) is 0 Å². The molecule has 0 heterocycles. The molecule has 0 aliphatic heterocycles. The Labute approximate surface area is 92.1 Å². The minimum atomic E-state index is -0.137. The zero-order valence-electron chi connectivity index (χ0n) is 9.77. The molecular formula is C14H20O. The Morgan fingerprint density at radius 3 is 2.53 bits per heavy atom. The number of hydrogen-bond acceptors (Lipinski definition) is 1. The van der Waals surface area contributed by atoms with Crippen molar-refractivity contribution in [3.05, 3.63) is 35.4 Å². The van der Waals surface area contributed by atoms with Gasteiger partial charge in [-0.25, -0.2) is 0 Å². The second-order valence-electron chi connectivity index (χ2n) is 5.01. The van der Waals surface area contributed by atoms with Gasteiger partial charge in [0.25, 0.3) is 0 Å². The van der Waals surface area contributed by atoms with E-state index in [1.54, 1.807) is 0 Å². The monoisotopic (exact) mass is 204 g/mol. The molecule has 1 aliphatic carbocycles. The lowest BCUT2D eigenvalue weighted by Crippen LogP contribution is -2.07. The minimum absolute atomic E-state index is 0.137. The van der Waals surface area contributed by atoms with Crippen molar-refractivity contribution in [2.24, 2.45) is 11.8 Å². The van der Waals surface area contributed by atoms with Crippen molar-refractivity contribution in [3.8, 4) is 0 Å². The minimum Gasteiger partial charge on any atom is -0.393 e. The first kappa shape index (κ1) is 10.7. The summed E-state index contributed by atoms with van der Waals surface area (Å²) in [4.78, 5) is 0. The lowest BCUT2D eigenvalue weighted by Gasteiger charge is -2.13. The van der Waals surface area contributed by atoms with E-state index in [4.69, 9.17) is 0 Å². The van der Waals surface area contributed by atoms with Gasteiger partial charge in [0.2, 0.25) is 0 Å². The molecule has 1 saturated carbocycles. The first-order chi connectivity index (χ1) is 7.09. The lowest BCUT2D eigenvalue weighted by atomic mass is 9.93. The fourth-order valence-electron chi connectivity index (χ4n) is 2.57. The molecule has 1 aliphatic rings. The van der Waals surface area contributed by atoms with E-state index >= 15 is 0 Å². The van der Waals surface area contributed by atoms with E-state index < -0.39 is 0 Å². The Morgan fingerprint density at radius 1 is 1.27 bits per heavy atom. The molecule has 1 heteroatoms. The normalized spacial score (nSPS) is 28.5. The van der Waals surface area contributed by atoms with Gasteiger partial charge >= 0.3 is 0 Å². The molecule has 1 fully saturated rings. The summed E-state index contributed by atoms with van der Waals surface area (Å²) in [6.07, 6.45) is 1.05. The SMILES string of the molecule is Cc1cccc(C(C)C2CC2C(C)O)c1. The number of aliphatic hydroxyl groups is 1.